The molecule has 1 aliphatic heterocycles. The molecule has 0 radical (unpaired) electrons. The Morgan fingerprint density at radius 2 is 2.03 bits per heavy atom. The second-order valence-corrected chi connectivity index (χ2v) is 8.73. The van der Waals surface area contributed by atoms with E-state index in [4.69, 9.17) is 9.84 Å². The summed E-state index contributed by atoms with van der Waals surface area (Å²) < 4.78 is 35.2. The number of carboxylic acids is 1. The fourth-order valence-corrected chi connectivity index (χ4v) is 4.78. The zero-order valence-electron chi connectivity index (χ0n) is 17.3. The molecule has 4 nitrogen and oxygen atoms in total. The van der Waals surface area contributed by atoms with Crippen molar-refractivity contribution < 1.29 is 28.5 Å². The molecule has 2 aliphatic rings. The van der Waals surface area contributed by atoms with Crippen LogP contribution in [0.1, 0.15) is 50.5 Å². The Bertz CT molecular complexity index is 706. The number of hydrogen-bond donors (Lipinski definition) is 2. The number of alkyl halides is 2. The van der Waals surface area contributed by atoms with Crippen LogP contribution in [-0.4, -0.2) is 40.9 Å². The number of allylic oxidation sites excluding steroid dienone is 1. The molecule has 1 aliphatic carbocycles. The number of aliphatic hydroxyl groups excluding tert-OH is 1. The number of benzene rings is 1. The monoisotopic (exact) mass is 422 g/mol. The summed E-state index contributed by atoms with van der Waals surface area (Å²) in [7, 11) is 0. The number of aryl methyl sites for hydroxylation is 1. The van der Waals surface area contributed by atoms with Crippen LogP contribution in [0.25, 0.3) is 0 Å². The lowest BCUT2D eigenvalue weighted by Crippen LogP contribution is -2.25. The summed E-state index contributed by atoms with van der Waals surface area (Å²) in [6.45, 7) is 0.424. The van der Waals surface area contributed by atoms with Gasteiger partial charge in [-0.15, -0.1) is 0 Å². The van der Waals surface area contributed by atoms with Gasteiger partial charge in [-0.1, -0.05) is 42.5 Å². The van der Waals surface area contributed by atoms with Gasteiger partial charge < -0.3 is 14.9 Å². The lowest BCUT2D eigenvalue weighted by molar-refractivity contribution is -0.137. The highest BCUT2D eigenvalue weighted by Gasteiger charge is 2.55. The predicted molar refractivity (Wildman–Crippen MR) is 110 cm³/mol. The zero-order chi connectivity index (χ0) is 21.6. The van der Waals surface area contributed by atoms with Crippen LogP contribution in [0.2, 0.25) is 0 Å². The third-order valence-electron chi connectivity index (χ3n) is 6.47. The number of carboxylic acid groups (broad SMARTS) is 1. The number of aliphatic hydroxyl groups is 1. The largest absolute Gasteiger partial charge is 0.481 e. The van der Waals surface area contributed by atoms with E-state index in [1.807, 2.05) is 30.3 Å². The van der Waals surface area contributed by atoms with Gasteiger partial charge in [-0.2, -0.15) is 0 Å². The van der Waals surface area contributed by atoms with Crippen molar-refractivity contribution in [3.05, 3.63) is 48.0 Å². The standard InChI is InChI=1S/C24H32F2O4/c25-24(26)15-22-20(13-10-18(16-30-22)7-4-8-23(28)29)21(24)14-12-19(27)11-9-17-5-2-1-3-6-17/h1-3,5-6,12,14,18-22,27H,4,7-11,13,15-16H2,(H,28,29)/b14-12+/t18-,19?,20+,21+,22-/m0/s1. The van der Waals surface area contributed by atoms with Gasteiger partial charge in [0.15, 0.2) is 0 Å². The number of ether oxygens (including phenoxy) is 1. The Labute approximate surface area is 176 Å². The molecule has 1 saturated heterocycles. The normalized spacial score (nSPS) is 29.4. The molecule has 1 aromatic carbocycles. The highest BCUT2D eigenvalue weighted by molar-refractivity contribution is 5.66. The first-order chi connectivity index (χ1) is 14.3. The molecule has 0 spiro atoms. The number of fused-ring (bicyclic) bond motifs is 1. The van der Waals surface area contributed by atoms with E-state index in [1.165, 1.54) is 12.2 Å². The second-order valence-electron chi connectivity index (χ2n) is 8.73. The van der Waals surface area contributed by atoms with Crippen LogP contribution in [0.15, 0.2) is 42.5 Å². The quantitative estimate of drug-likeness (QED) is 0.558. The zero-order valence-corrected chi connectivity index (χ0v) is 17.3. The molecular formula is C24H32F2O4. The van der Waals surface area contributed by atoms with Crippen molar-refractivity contribution >= 4 is 5.97 Å². The molecule has 2 N–H and O–H groups in total. The van der Waals surface area contributed by atoms with Crippen LogP contribution in [-0.2, 0) is 16.0 Å². The van der Waals surface area contributed by atoms with Crippen molar-refractivity contribution in [1.29, 1.82) is 0 Å². The summed E-state index contributed by atoms with van der Waals surface area (Å²) in [6.07, 6.45) is 5.61. The maximum absolute atomic E-state index is 14.7. The number of aliphatic carboxylic acids is 1. The van der Waals surface area contributed by atoms with E-state index >= 15 is 0 Å². The Hall–Kier alpha value is -1.79. The lowest BCUT2D eigenvalue weighted by Gasteiger charge is -2.22. The Morgan fingerprint density at radius 1 is 1.27 bits per heavy atom. The molecule has 1 saturated carbocycles. The summed E-state index contributed by atoms with van der Waals surface area (Å²) in [4.78, 5) is 10.7. The molecule has 0 bridgehead atoms. The van der Waals surface area contributed by atoms with Crippen LogP contribution in [0, 0.1) is 17.8 Å². The minimum atomic E-state index is -2.83. The SMILES string of the molecule is O=C(O)CCC[C@H]1CC[C@H]2[C@H](CC(F)(F)[C@@H]2/C=C/C(O)CCc2ccccc2)OC1. The summed E-state index contributed by atoms with van der Waals surface area (Å²) in [5, 5.41) is 19.1. The van der Waals surface area contributed by atoms with Gasteiger partial charge in [0.1, 0.15) is 0 Å². The minimum absolute atomic E-state index is 0.133. The Balaban J connectivity index is 1.54. The van der Waals surface area contributed by atoms with E-state index in [0.717, 1.165) is 18.4 Å². The Kier molecular flexibility index (Phi) is 8.00. The minimum Gasteiger partial charge on any atom is -0.481 e. The van der Waals surface area contributed by atoms with Crippen molar-refractivity contribution in [3.63, 3.8) is 0 Å². The molecule has 1 heterocycles. The molecule has 30 heavy (non-hydrogen) atoms. The van der Waals surface area contributed by atoms with Crippen LogP contribution in [0.4, 0.5) is 8.78 Å². The van der Waals surface area contributed by atoms with Crippen LogP contribution < -0.4 is 0 Å². The Morgan fingerprint density at radius 3 is 2.77 bits per heavy atom. The van der Waals surface area contributed by atoms with Gasteiger partial charge in [0.05, 0.1) is 12.2 Å². The van der Waals surface area contributed by atoms with E-state index in [9.17, 15) is 18.7 Å². The molecule has 166 valence electrons. The van der Waals surface area contributed by atoms with Crippen LogP contribution in [0.5, 0.6) is 0 Å². The maximum atomic E-state index is 14.7. The molecule has 1 unspecified atom stereocenters. The average molecular weight is 423 g/mol. The van der Waals surface area contributed by atoms with Gasteiger partial charge in [0.2, 0.25) is 0 Å². The fraction of sp³-hybridized carbons (Fsp3) is 0.625. The van der Waals surface area contributed by atoms with Gasteiger partial charge in [-0.25, -0.2) is 8.78 Å². The molecule has 0 amide bonds. The van der Waals surface area contributed by atoms with Gasteiger partial charge in [0, 0.05) is 25.4 Å². The van der Waals surface area contributed by atoms with Gasteiger partial charge in [-0.3, -0.25) is 4.79 Å². The number of hydrogen-bond acceptors (Lipinski definition) is 3. The van der Waals surface area contributed by atoms with Crippen LogP contribution in [0.3, 0.4) is 0 Å². The van der Waals surface area contributed by atoms with Crippen molar-refractivity contribution in [2.75, 3.05) is 6.61 Å². The number of halogens is 2. The van der Waals surface area contributed by atoms with Crippen LogP contribution >= 0.6 is 0 Å². The molecular weight excluding hydrogens is 390 g/mol. The molecule has 2 fully saturated rings. The average Bonchev–Trinajstić information content (AvgIpc) is 2.82. The summed E-state index contributed by atoms with van der Waals surface area (Å²) in [6, 6.07) is 9.79. The van der Waals surface area contributed by atoms with E-state index in [-0.39, 0.29) is 24.7 Å². The topological polar surface area (TPSA) is 66.8 Å². The second kappa shape index (κ2) is 10.5. The highest BCUT2D eigenvalue weighted by atomic mass is 19.3. The number of rotatable bonds is 9. The van der Waals surface area contributed by atoms with Crippen molar-refractivity contribution in [2.24, 2.45) is 17.8 Å². The predicted octanol–water partition coefficient (Wildman–Crippen LogP) is 4.86. The first-order valence-electron chi connectivity index (χ1n) is 11.0. The molecule has 5 atom stereocenters. The van der Waals surface area contributed by atoms with E-state index in [1.54, 1.807) is 0 Å². The first kappa shape index (κ1) is 22.9. The smallest absolute Gasteiger partial charge is 0.303 e. The van der Waals surface area contributed by atoms with Gasteiger partial charge in [0.25, 0.3) is 5.92 Å². The summed E-state index contributed by atoms with van der Waals surface area (Å²) in [5.74, 6) is -4.60. The third kappa shape index (κ3) is 6.35. The van der Waals surface area contributed by atoms with Crippen molar-refractivity contribution in [3.8, 4) is 0 Å². The van der Waals surface area contributed by atoms with Crippen molar-refractivity contribution in [2.45, 2.75) is 69.5 Å². The third-order valence-corrected chi connectivity index (χ3v) is 6.47. The summed E-state index contributed by atoms with van der Waals surface area (Å²) in [5.41, 5.74) is 1.11. The molecule has 6 heteroatoms. The van der Waals surface area contributed by atoms with Gasteiger partial charge in [-0.05, 0) is 55.9 Å². The van der Waals surface area contributed by atoms with E-state index in [0.29, 0.717) is 32.3 Å². The highest BCUT2D eigenvalue weighted by Crippen LogP contribution is 2.50. The molecule has 0 aromatic heterocycles. The fourth-order valence-electron chi connectivity index (χ4n) is 4.78. The summed E-state index contributed by atoms with van der Waals surface area (Å²) >= 11 is 0. The van der Waals surface area contributed by atoms with E-state index < -0.39 is 30.0 Å². The van der Waals surface area contributed by atoms with E-state index in [2.05, 4.69) is 0 Å². The maximum Gasteiger partial charge on any atom is 0.303 e. The molecule has 1 aromatic rings. The number of carbonyl (C=O) groups is 1. The van der Waals surface area contributed by atoms with Gasteiger partial charge >= 0.3 is 5.97 Å². The molecule has 3 rings (SSSR count). The van der Waals surface area contributed by atoms with Crippen molar-refractivity contribution in [1.82, 2.24) is 0 Å². The first-order valence-corrected chi connectivity index (χ1v) is 11.0. The lowest BCUT2D eigenvalue weighted by atomic mass is 9.86.